The van der Waals surface area contributed by atoms with Crippen molar-refractivity contribution in [2.75, 3.05) is 6.54 Å². The molecule has 1 amide bonds. The molecule has 0 aromatic carbocycles. The normalized spacial score (nSPS) is 21.9. The van der Waals surface area contributed by atoms with E-state index in [1.165, 1.54) is 0 Å². The molecule has 1 saturated heterocycles. The molecule has 4 heteroatoms. The molecule has 2 rings (SSSR count). The first-order chi connectivity index (χ1) is 7.36. The van der Waals surface area contributed by atoms with E-state index in [0.717, 1.165) is 31.6 Å². The van der Waals surface area contributed by atoms with Gasteiger partial charge in [-0.25, -0.2) is 9.97 Å². The summed E-state index contributed by atoms with van der Waals surface area (Å²) in [6, 6.07) is 1.79. The minimum Gasteiger partial charge on any atom is -0.356 e. The zero-order chi connectivity index (χ0) is 10.5. The van der Waals surface area contributed by atoms with Gasteiger partial charge >= 0.3 is 0 Å². The van der Waals surface area contributed by atoms with Gasteiger partial charge in [-0.3, -0.25) is 4.79 Å². The summed E-state index contributed by atoms with van der Waals surface area (Å²) in [6.45, 7) is 0.810. The minimum absolute atomic E-state index is 0.0508. The minimum atomic E-state index is 0.0508. The Morgan fingerprint density at radius 3 is 2.93 bits per heavy atom. The Bertz CT molecular complexity index is 326. The third-order valence-corrected chi connectivity index (χ3v) is 2.70. The van der Waals surface area contributed by atoms with E-state index in [2.05, 4.69) is 15.3 Å². The van der Waals surface area contributed by atoms with Crippen LogP contribution in [0.5, 0.6) is 0 Å². The van der Waals surface area contributed by atoms with Crippen LogP contribution in [0.15, 0.2) is 18.5 Å². The van der Waals surface area contributed by atoms with Crippen LogP contribution in [0.3, 0.4) is 0 Å². The molecular formula is C11H15N3O. The zero-order valence-corrected chi connectivity index (χ0v) is 8.65. The number of nitrogens with zero attached hydrogens (tertiary/aromatic N) is 2. The van der Waals surface area contributed by atoms with E-state index in [1.54, 1.807) is 18.5 Å². The van der Waals surface area contributed by atoms with Gasteiger partial charge < -0.3 is 5.32 Å². The Balaban J connectivity index is 2.01. The fraction of sp³-hybridized carbons (Fsp3) is 0.545. The molecule has 1 atom stereocenters. The van der Waals surface area contributed by atoms with Crippen LogP contribution in [0.4, 0.5) is 0 Å². The molecule has 1 aliphatic heterocycles. The summed E-state index contributed by atoms with van der Waals surface area (Å²) in [5.74, 6) is 0.967. The van der Waals surface area contributed by atoms with Crippen LogP contribution in [-0.4, -0.2) is 22.4 Å². The molecule has 0 saturated carbocycles. The summed E-state index contributed by atoms with van der Waals surface area (Å²) in [7, 11) is 0. The Kier molecular flexibility index (Phi) is 3.27. The zero-order valence-electron chi connectivity index (χ0n) is 8.65. The van der Waals surface area contributed by atoms with Gasteiger partial charge in [0, 0.05) is 31.3 Å². The summed E-state index contributed by atoms with van der Waals surface area (Å²) in [5.41, 5.74) is 0. The molecular weight excluding hydrogens is 190 g/mol. The second-order valence-electron chi connectivity index (χ2n) is 3.85. The molecule has 1 unspecified atom stereocenters. The molecule has 0 spiro atoms. The predicted molar refractivity (Wildman–Crippen MR) is 56.1 cm³/mol. The Labute approximate surface area is 89.1 Å². The van der Waals surface area contributed by atoms with Gasteiger partial charge in [0.1, 0.15) is 5.82 Å². The molecule has 2 heterocycles. The SMILES string of the molecule is O=C1NCCCCC1Cc1ncccn1. The Morgan fingerprint density at radius 1 is 1.33 bits per heavy atom. The van der Waals surface area contributed by atoms with Crippen molar-refractivity contribution in [3.63, 3.8) is 0 Å². The molecule has 1 N–H and O–H groups in total. The second-order valence-corrected chi connectivity index (χ2v) is 3.85. The smallest absolute Gasteiger partial charge is 0.223 e. The number of nitrogens with one attached hydrogen (secondary N) is 1. The average molecular weight is 205 g/mol. The summed E-state index contributed by atoms with van der Waals surface area (Å²) < 4.78 is 0. The second kappa shape index (κ2) is 4.87. The van der Waals surface area contributed by atoms with Crippen molar-refractivity contribution in [2.45, 2.75) is 25.7 Å². The molecule has 0 bridgehead atoms. The Hall–Kier alpha value is -1.45. The number of carbonyl (C=O) groups is 1. The standard InChI is InChI=1S/C11H15N3O/c15-11-9(4-1-2-5-14-11)8-10-12-6-3-7-13-10/h3,6-7,9H,1-2,4-5,8H2,(H,14,15). The van der Waals surface area contributed by atoms with Crippen molar-refractivity contribution >= 4 is 5.91 Å². The van der Waals surface area contributed by atoms with Gasteiger partial charge in [0.25, 0.3) is 0 Å². The van der Waals surface area contributed by atoms with Crippen molar-refractivity contribution < 1.29 is 4.79 Å². The van der Waals surface area contributed by atoms with Gasteiger partial charge in [0.05, 0.1) is 0 Å². The first-order valence-corrected chi connectivity index (χ1v) is 5.40. The lowest BCUT2D eigenvalue weighted by atomic mass is 9.98. The van der Waals surface area contributed by atoms with Crippen molar-refractivity contribution in [3.05, 3.63) is 24.3 Å². The molecule has 1 aromatic rings. The molecule has 1 aromatic heterocycles. The van der Waals surface area contributed by atoms with E-state index in [9.17, 15) is 4.79 Å². The average Bonchev–Trinajstić information content (AvgIpc) is 2.46. The van der Waals surface area contributed by atoms with Crippen LogP contribution in [0, 0.1) is 5.92 Å². The molecule has 0 radical (unpaired) electrons. The van der Waals surface area contributed by atoms with Crippen LogP contribution in [0.25, 0.3) is 0 Å². The first-order valence-electron chi connectivity index (χ1n) is 5.40. The summed E-state index contributed by atoms with van der Waals surface area (Å²) >= 11 is 0. The highest BCUT2D eigenvalue weighted by atomic mass is 16.1. The van der Waals surface area contributed by atoms with Crippen molar-refractivity contribution in [1.82, 2.24) is 15.3 Å². The van der Waals surface area contributed by atoms with E-state index < -0.39 is 0 Å². The number of rotatable bonds is 2. The summed E-state index contributed by atoms with van der Waals surface area (Å²) in [5, 5.41) is 2.92. The van der Waals surface area contributed by atoms with Gasteiger partial charge in [-0.1, -0.05) is 6.42 Å². The number of carbonyl (C=O) groups excluding carboxylic acids is 1. The highest BCUT2D eigenvalue weighted by Crippen LogP contribution is 2.15. The van der Waals surface area contributed by atoms with Crippen LogP contribution in [0.1, 0.15) is 25.1 Å². The lowest BCUT2D eigenvalue weighted by Crippen LogP contribution is -2.30. The highest BCUT2D eigenvalue weighted by molar-refractivity contribution is 5.79. The molecule has 80 valence electrons. The van der Waals surface area contributed by atoms with Crippen LogP contribution >= 0.6 is 0 Å². The first kappa shape index (κ1) is 10.1. The van der Waals surface area contributed by atoms with E-state index in [-0.39, 0.29) is 11.8 Å². The summed E-state index contributed by atoms with van der Waals surface area (Å²) in [4.78, 5) is 19.9. The fourth-order valence-corrected chi connectivity index (χ4v) is 1.85. The van der Waals surface area contributed by atoms with Crippen LogP contribution in [-0.2, 0) is 11.2 Å². The van der Waals surface area contributed by atoms with Crippen molar-refractivity contribution in [2.24, 2.45) is 5.92 Å². The lowest BCUT2D eigenvalue weighted by Gasteiger charge is -2.11. The molecule has 1 aliphatic rings. The van der Waals surface area contributed by atoms with E-state index in [1.807, 2.05) is 0 Å². The van der Waals surface area contributed by atoms with E-state index >= 15 is 0 Å². The monoisotopic (exact) mass is 205 g/mol. The predicted octanol–water partition coefficient (Wildman–Crippen LogP) is 0.935. The molecule has 1 fully saturated rings. The molecule has 15 heavy (non-hydrogen) atoms. The van der Waals surface area contributed by atoms with Gasteiger partial charge in [-0.2, -0.15) is 0 Å². The Morgan fingerprint density at radius 2 is 2.13 bits per heavy atom. The van der Waals surface area contributed by atoms with Gasteiger partial charge in [-0.15, -0.1) is 0 Å². The van der Waals surface area contributed by atoms with Gasteiger partial charge in [0.2, 0.25) is 5.91 Å². The maximum absolute atomic E-state index is 11.7. The lowest BCUT2D eigenvalue weighted by molar-refractivity contribution is -0.124. The number of aromatic nitrogens is 2. The largest absolute Gasteiger partial charge is 0.356 e. The maximum atomic E-state index is 11.7. The third kappa shape index (κ3) is 2.75. The van der Waals surface area contributed by atoms with E-state index in [4.69, 9.17) is 0 Å². The quantitative estimate of drug-likeness (QED) is 0.781. The van der Waals surface area contributed by atoms with Gasteiger partial charge in [0.15, 0.2) is 0 Å². The van der Waals surface area contributed by atoms with Crippen LogP contribution in [0.2, 0.25) is 0 Å². The van der Waals surface area contributed by atoms with Crippen molar-refractivity contribution in [1.29, 1.82) is 0 Å². The third-order valence-electron chi connectivity index (χ3n) is 2.70. The van der Waals surface area contributed by atoms with Gasteiger partial charge in [-0.05, 0) is 18.9 Å². The number of hydrogen-bond donors (Lipinski definition) is 1. The van der Waals surface area contributed by atoms with Crippen LogP contribution < -0.4 is 5.32 Å². The maximum Gasteiger partial charge on any atom is 0.223 e. The topological polar surface area (TPSA) is 54.9 Å². The summed E-state index contributed by atoms with van der Waals surface area (Å²) in [6.07, 6.45) is 7.23. The molecule has 0 aliphatic carbocycles. The van der Waals surface area contributed by atoms with E-state index in [0.29, 0.717) is 6.42 Å². The fourth-order valence-electron chi connectivity index (χ4n) is 1.85. The number of amides is 1. The number of hydrogen-bond acceptors (Lipinski definition) is 3. The highest BCUT2D eigenvalue weighted by Gasteiger charge is 2.21. The molecule has 4 nitrogen and oxygen atoms in total. The van der Waals surface area contributed by atoms with Crippen molar-refractivity contribution in [3.8, 4) is 0 Å².